The third-order valence-corrected chi connectivity index (χ3v) is 2.13. The molecule has 2 nitrogen and oxygen atoms in total. The normalized spacial score (nSPS) is 12.9. The van der Waals surface area contributed by atoms with E-state index in [2.05, 4.69) is 0 Å². The van der Waals surface area contributed by atoms with Crippen LogP contribution in [0.4, 0.5) is 0 Å². The third kappa shape index (κ3) is 2.21. The van der Waals surface area contributed by atoms with Gasteiger partial charge < -0.3 is 10.8 Å². The summed E-state index contributed by atoms with van der Waals surface area (Å²) in [6.45, 7) is 0.496. The summed E-state index contributed by atoms with van der Waals surface area (Å²) in [6.07, 6.45) is 0. The lowest BCUT2D eigenvalue weighted by Crippen LogP contribution is -1.98. The summed E-state index contributed by atoms with van der Waals surface area (Å²) in [7, 11) is 0. The molecule has 12 heavy (non-hydrogen) atoms. The fraction of sp³-hybridized carbons (Fsp3) is 0.333. The molecule has 0 aliphatic carbocycles. The van der Waals surface area contributed by atoms with Crippen molar-refractivity contribution < 1.29 is 5.11 Å². The van der Waals surface area contributed by atoms with Crippen molar-refractivity contribution in [2.24, 2.45) is 5.73 Å². The Bertz CT molecular complexity index is 235. The minimum atomic E-state index is -0.308. The number of rotatable bonds is 3. The molecule has 1 rings (SSSR count). The first-order valence-electron chi connectivity index (χ1n) is 3.81. The molecule has 1 unspecified atom stereocenters. The molecule has 0 heterocycles. The zero-order chi connectivity index (χ0) is 8.97. The summed E-state index contributed by atoms with van der Waals surface area (Å²) in [5.74, 6) is 0. The third-order valence-electron chi connectivity index (χ3n) is 1.74. The van der Waals surface area contributed by atoms with Gasteiger partial charge in [0, 0.05) is 6.54 Å². The van der Waals surface area contributed by atoms with E-state index in [0.717, 1.165) is 11.1 Å². The maximum absolute atomic E-state index is 8.76. The van der Waals surface area contributed by atoms with Gasteiger partial charge in [0.25, 0.3) is 0 Å². The second-order valence-corrected chi connectivity index (χ2v) is 3.12. The predicted octanol–water partition coefficient (Wildman–Crippen LogP) is 1.42. The number of hydrogen-bond acceptors (Lipinski definition) is 2. The van der Waals surface area contributed by atoms with Crippen molar-refractivity contribution in [2.45, 2.75) is 11.9 Å². The number of hydrogen-bond donors (Lipinski definition) is 2. The Balaban J connectivity index is 2.77. The van der Waals surface area contributed by atoms with Crippen LogP contribution in [0, 0.1) is 0 Å². The molecule has 1 atom stereocenters. The molecule has 0 amide bonds. The summed E-state index contributed by atoms with van der Waals surface area (Å²) in [5.41, 5.74) is 7.42. The summed E-state index contributed by atoms with van der Waals surface area (Å²) in [6, 6.07) is 7.60. The first kappa shape index (κ1) is 9.52. The first-order chi connectivity index (χ1) is 5.77. The van der Waals surface area contributed by atoms with Gasteiger partial charge in [0.2, 0.25) is 0 Å². The Kier molecular flexibility index (Phi) is 3.53. The summed E-state index contributed by atoms with van der Waals surface area (Å²) in [4.78, 5) is 0. The van der Waals surface area contributed by atoms with E-state index in [9.17, 15) is 0 Å². The minimum absolute atomic E-state index is 0.0382. The number of nitrogens with two attached hydrogens (primary N) is 1. The van der Waals surface area contributed by atoms with Crippen LogP contribution in [0.2, 0.25) is 0 Å². The van der Waals surface area contributed by atoms with Crippen LogP contribution in [0.25, 0.3) is 0 Å². The molecule has 0 bridgehead atoms. The zero-order valence-corrected chi connectivity index (χ0v) is 7.46. The van der Waals surface area contributed by atoms with Crippen molar-refractivity contribution >= 4 is 11.6 Å². The van der Waals surface area contributed by atoms with Crippen molar-refractivity contribution in [3.8, 4) is 0 Å². The molecule has 0 aliphatic heterocycles. The molecule has 0 saturated carbocycles. The Labute approximate surface area is 77.0 Å². The van der Waals surface area contributed by atoms with E-state index in [0.29, 0.717) is 6.54 Å². The molecule has 66 valence electrons. The van der Waals surface area contributed by atoms with Crippen LogP contribution in [0.3, 0.4) is 0 Å². The molecule has 3 heteroatoms. The average molecular weight is 186 g/mol. The molecule has 0 fully saturated rings. The standard InChI is InChI=1S/C9H12ClNO/c10-9(6-12)8-3-1-7(5-11)2-4-8/h1-4,9,12H,5-6,11H2. The van der Waals surface area contributed by atoms with Gasteiger partial charge in [0.15, 0.2) is 0 Å². The molecule has 0 aromatic heterocycles. The molecule has 0 spiro atoms. The summed E-state index contributed by atoms with van der Waals surface area (Å²) < 4.78 is 0. The fourth-order valence-electron chi connectivity index (χ4n) is 0.968. The van der Waals surface area contributed by atoms with Gasteiger partial charge in [0.05, 0.1) is 12.0 Å². The van der Waals surface area contributed by atoms with Crippen LogP contribution in [0.15, 0.2) is 24.3 Å². The molecular weight excluding hydrogens is 174 g/mol. The lowest BCUT2D eigenvalue weighted by molar-refractivity contribution is 0.294. The highest BCUT2D eigenvalue weighted by atomic mass is 35.5. The van der Waals surface area contributed by atoms with Crippen LogP contribution in [0.5, 0.6) is 0 Å². The number of benzene rings is 1. The predicted molar refractivity (Wildman–Crippen MR) is 50.0 cm³/mol. The smallest absolute Gasteiger partial charge is 0.0816 e. The van der Waals surface area contributed by atoms with Gasteiger partial charge in [-0.25, -0.2) is 0 Å². The molecule has 1 aromatic carbocycles. The van der Waals surface area contributed by atoms with Crippen molar-refractivity contribution in [3.05, 3.63) is 35.4 Å². The summed E-state index contributed by atoms with van der Waals surface area (Å²) in [5, 5.41) is 8.45. The maximum Gasteiger partial charge on any atom is 0.0816 e. The van der Waals surface area contributed by atoms with Crippen molar-refractivity contribution in [2.75, 3.05) is 6.61 Å². The molecule has 0 aliphatic rings. The van der Waals surface area contributed by atoms with Gasteiger partial charge in [-0.2, -0.15) is 0 Å². The topological polar surface area (TPSA) is 46.2 Å². The molecule has 1 aromatic rings. The van der Waals surface area contributed by atoms with E-state index in [1.54, 1.807) is 0 Å². The number of aliphatic hydroxyl groups is 1. The molecule has 0 radical (unpaired) electrons. The van der Waals surface area contributed by atoms with Crippen LogP contribution in [-0.2, 0) is 6.54 Å². The van der Waals surface area contributed by atoms with Crippen LogP contribution >= 0.6 is 11.6 Å². The van der Waals surface area contributed by atoms with E-state index >= 15 is 0 Å². The molecule has 3 N–H and O–H groups in total. The van der Waals surface area contributed by atoms with E-state index in [4.69, 9.17) is 22.4 Å². The Hall–Kier alpha value is -0.570. The average Bonchev–Trinajstić information content (AvgIpc) is 2.17. The van der Waals surface area contributed by atoms with Crippen molar-refractivity contribution in [1.82, 2.24) is 0 Å². The van der Waals surface area contributed by atoms with Gasteiger partial charge >= 0.3 is 0 Å². The lowest BCUT2D eigenvalue weighted by Gasteiger charge is -2.06. The second kappa shape index (κ2) is 4.45. The van der Waals surface area contributed by atoms with Gasteiger partial charge in [-0.05, 0) is 11.1 Å². The highest BCUT2D eigenvalue weighted by Crippen LogP contribution is 2.19. The van der Waals surface area contributed by atoms with Crippen molar-refractivity contribution in [1.29, 1.82) is 0 Å². The largest absolute Gasteiger partial charge is 0.394 e. The van der Waals surface area contributed by atoms with Gasteiger partial charge in [-0.3, -0.25) is 0 Å². The number of aliphatic hydroxyl groups excluding tert-OH is 1. The maximum atomic E-state index is 8.76. The van der Waals surface area contributed by atoms with E-state index in [-0.39, 0.29) is 12.0 Å². The van der Waals surface area contributed by atoms with E-state index < -0.39 is 0 Å². The highest BCUT2D eigenvalue weighted by Gasteiger charge is 2.04. The highest BCUT2D eigenvalue weighted by molar-refractivity contribution is 6.20. The quantitative estimate of drug-likeness (QED) is 0.700. The lowest BCUT2D eigenvalue weighted by atomic mass is 10.1. The molecule has 0 saturated heterocycles. The van der Waals surface area contributed by atoms with Gasteiger partial charge in [-0.15, -0.1) is 11.6 Å². The Morgan fingerprint density at radius 1 is 1.33 bits per heavy atom. The second-order valence-electron chi connectivity index (χ2n) is 2.60. The van der Waals surface area contributed by atoms with Gasteiger partial charge in [0.1, 0.15) is 0 Å². The number of halogens is 1. The van der Waals surface area contributed by atoms with E-state index in [1.165, 1.54) is 0 Å². The number of alkyl halides is 1. The molecular formula is C9H12ClNO. The fourth-order valence-corrected chi connectivity index (χ4v) is 1.11. The van der Waals surface area contributed by atoms with Crippen LogP contribution < -0.4 is 5.73 Å². The van der Waals surface area contributed by atoms with Crippen molar-refractivity contribution in [3.63, 3.8) is 0 Å². The van der Waals surface area contributed by atoms with Gasteiger partial charge in [-0.1, -0.05) is 24.3 Å². The summed E-state index contributed by atoms with van der Waals surface area (Å²) >= 11 is 5.80. The van der Waals surface area contributed by atoms with E-state index in [1.807, 2.05) is 24.3 Å². The first-order valence-corrected chi connectivity index (χ1v) is 4.25. The SMILES string of the molecule is NCc1ccc(C(Cl)CO)cc1. The zero-order valence-electron chi connectivity index (χ0n) is 6.70. The van der Waals surface area contributed by atoms with Crippen LogP contribution in [-0.4, -0.2) is 11.7 Å². The van der Waals surface area contributed by atoms with Crippen LogP contribution in [0.1, 0.15) is 16.5 Å². The Morgan fingerprint density at radius 3 is 2.33 bits per heavy atom. The monoisotopic (exact) mass is 185 g/mol. The Morgan fingerprint density at radius 2 is 1.92 bits per heavy atom. The minimum Gasteiger partial charge on any atom is -0.394 e.